The highest BCUT2D eigenvalue weighted by molar-refractivity contribution is 4.98. The lowest BCUT2D eigenvalue weighted by Gasteiger charge is -2.35. The first-order chi connectivity index (χ1) is 8.70. The average Bonchev–Trinajstić information content (AvgIpc) is 2.81. The predicted molar refractivity (Wildman–Crippen MR) is 67.7 cm³/mol. The molecule has 0 spiro atoms. The molecule has 0 bridgehead atoms. The molecule has 1 fully saturated rings. The Morgan fingerprint density at radius 2 is 2.33 bits per heavy atom. The minimum absolute atomic E-state index is 0.203. The molecule has 0 aliphatic carbocycles. The fourth-order valence-corrected chi connectivity index (χ4v) is 2.01. The van der Waals surface area contributed by atoms with Crippen molar-refractivity contribution in [1.29, 1.82) is 0 Å². The lowest BCUT2D eigenvalue weighted by molar-refractivity contribution is 0.108. The van der Waals surface area contributed by atoms with E-state index in [0.717, 1.165) is 25.5 Å². The number of terminal acetylenes is 1. The van der Waals surface area contributed by atoms with Crippen molar-refractivity contribution in [2.45, 2.75) is 12.6 Å². The summed E-state index contributed by atoms with van der Waals surface area (Å²) in [6.07, 6.45) is 5.16. The minimum atomic E-state index is 0.203. The standard InChI is InChI=1S/C12H19N5O/c1-4-5-13-8-11-14-12(15-18-11)10-9-16(2)6-7-17(10)3/h1,10,13H,5-9H2,2-3H3. The molecule has 1 atom stereocenters. The zero-order valence-electron chi connectivity index (χ0n) is 10.9. The van der Waals surface area contributed by atoms with Crippen molar-refractivity contribution in [3.05, 3.63) is 11.7 Å². The van der Waals surface area contributed by atoms with Gasteiger partial charge in [-0.15, -0.1) is 6.42 Å². The molecule has 18 heavy (non-hydrogen) atoms. The second kappa shape index (κ2) is 5.96. The van der Waals surface area contributed by atoms with E-state index in [1.807, 2.05) is 0 Å². The van der Waals surface area contributed by atoms with Gasteiger partial charge in [-0.25, -0.2) is 0 Å². The Labute approximate surface area is 107 Å². The second-order valence-corrected chi connectivity index (χ2v) is 4.61. The van der Waals surface area contributed by atoms with E-state index in [-0.39, 0.29) is 6.04 Å². The van der Waals surface area contributed by atoms with Gasteiger partial charge in [0.05, 0.1) is 19.1 Å². The number of likely N-dealkylation sites (N-methyl/N-ethyl adjacent to an activating group) is 2. The normalized spacial score (nSPS) is 21.9. The van der Waals surface area contributed by atoms with Gasteiger partial charge < -0.3 is 9.42 Å². The van der Waals surface area contributed by atoms with Crippen molar-refractivity contribution in [3.8, 4) is 12.3 Å². The second-order valence-electron chi connectivity index (χ2n) is 4.61. The molecule has 1 aliphatic rings. The average molecular weight is 249 g/mol. The minimum Gasteiger partial charge on any atom is -0.338 e. The van der Waals surface area contributed by atoms with Gasteiger partial charge in [0.25, 0.3) is 0 Å². The summed E-state index contributed by atoms with van der Waals surface area (Å²) in [5.41, 5.74) is 0. The van der Waals surface area contributed by atoms with E-state index >= 15 is 0 Å². The number of hydrogen-bond donors (Lipinski definition) is 1. The molecule has 6 nitrogen and oxygen atoms in total. The van der Waals surface area contributed by atoms with Crippen LogP contribution in [0.2, 0.25) is 0 Å². The van der Waals surface area contributed by atoms with Crippen LogP contribution in [0.4, 0.5) is 0 Å². The number of nitrogens with zero attached hydrogens (tertiary/aromatic N) is 4. The van der Waals surface area contributed by atoms with Gasteiger partial charge >= 0.3 is 0 Å². The van der Waals surface area contributed by atoms with E-state index in [4.69, 9.17) is 10.9 Å². The SMILES string of the molecule is C#CCNCc1nc(C2CN(C)CCN2C)no1. The first-order valence-corrected chi connectivity index (χ1v) is 6.06. The summed E-state index contributed by atoms with van der Waals surface area (Å²) in [6, 6.07) is 0.203. The fourth-order valence-electron chi connectivity index (χ4n) is 2.01. The van der Waals surface area contributed by atoms with Crippen LogP contribution < -0.4 is 5.32 Å². The van der Waals surface area contributed by atoms with Crippen molar-refractivity contribution >= 4 is 0 Å². The van der Waals surface area contributed by atoms with Crippen molar-refractivity contribution in [2.24, 2.45) is 0 Å². The Morgan fingerprint density at radius 1 is 1.50 bits per heavy atom. The number of rotatable bonds is 4. The third-order valence-corrected chi connectivity index (χ3v) is 3.14. The molecule has 2 heterocycles. The summed E-state index contributed by atoms with van der Waals surface area (Å²) in [6.45, 7) is 4.03. The molecule has 0 amide bonds. The first-order valence-electron chi connectivity index (χ1n) is 6.06. The van der Waals surface area contributed by atoms with Crippen molar-refractivity contribution in [2.75, 3.05) is 40.3 Å². The molecular formula is C12H19N5O. The predicted octanol–water partition coefficient (Wildman–Crippen LogP) is -0.289. The zero-order chi connectivity index (χ0) is 13.0. The molecule has 0 radical (unpaired) electrons. The van der Waals surface area contributed by atoms with Crippen LogP contribution in [0, 0.1) is 12.3 Å². The third kappa shape index (κ3) is 3.07. The molecule has 1 unspecified atom stereocenters. The van der Waals surface area contributed by atoms with E-state index in [2.05, 4.69) is 45.3 Å². The van der Waals surface area contributed by atoms with Crippen molar-refractivity contribution < 1.29 is 4.52 Å². The summed E-state index contributed by atoms with van der Waals surface area (Å²) in [7, 11) is 4.19. The third-order valence-electron chi connectivity index (χ3n) is 3.14. The molecule has 1 aromatic heterocycles. The monoisotopic (exact) mass is 249 g/mol. The topological polar surface area (TPSA) is 57.4 Å². The Morgan fingerprint density at radius 3 is 3.11 bits per heavy atom. The van der Waals surface area contributed by atoms with Gasteiger partial charge in [-0.05, 0) is 14.1 Å². The molecule has 1 saturated heterocycles. The summed E-state index contributed by atoms with van der Waals surface area (Å²) in [5.74, 6) is 3.84. The van der Waals surface area contributed by atoms with Gasteiger partial charge in [0.15, 0.2) is 5.82 Å². The van der Waals surface area contributed by atoms with Gasteiger partial charge in [-0.2, -0.15) is 4.98 Å². The van der Waals surface area contributed by atoms with Gasteiger partial charge in [-0.3, -0.25) is 10.2 Å². The van der Waals surface area contributed by atoms with Gasteiger partial charge in [0, 0.05) is 19.6 Å². The van der Waals surface area contributed by atoms with Crippen LogP contribution in [-0.4, -0.2) is 60.2 Å². The van der Waals surface area contributed by atoms with Gasteiger partial charge in [0.1, 0.15) is 0 Å². The van der Waals surface area contributed by atoms with Crippen LogP contribution in [0.1, 0.15) is 17.8 Å². The first kappa shape index (κ1) is 13.0. The number of aromatic nitrogens is 2. The summed E-state index contributed by atoms with van der Waals surface area (Å²) in [5, 5.41) is 7.09. The number of nitrogens with one attached hydrogen (secondary N) is 1. The number of hydrogen-bond acceptors (Lipinski definition) is 6. The highest BCUT2D eigenvalue weighted by atomic mass is 16.5. The molecule has 1 N–H and O–H groups in total. The Balaban J connectivity index is 1.98. The van der Waals surface area contributed by atoms with Crippen LogP contribution in [-0.2, 0) is 6.54 Å². The molecule has 2 rings (SSSR count). The summed E-state index contributed by atoms with van der Waals surface area (Å²) < 4.78 is 5.21. The van der Waals surface area contributed by atoms with Crippen LogP contribution >= 0.6 is 0 Å². The maximum absolute atomic E-state index is 5.21. The summed E-state index contributed by atoms with van der Waals surface area (Å²) in [4.78, 5) is 8.94. The van der Waals surface area contributed by atoms with E-state index < -0.39 is 0 Å². The largest absolute Gasteiger partial charge is 0.338 e. The number of piperazine rings is 1. The molecule has 1 aromatic rings. The lowest BCUT2D eigenvalue weighted by Crippen LogP contribution is -2.45. The Hall–Kier alpha value is -1.42. The van der Waals surface area contributed by atoms with Crippen molar-refractivity contribution in [1.82, 2.24) is 25.3 Å². The van der Waals surface area contributed by atoms with E-state index in [1.54, 1.807) is 0 Å². The smallest absolute Gasteiger partial charge is 0.240 e. The van der Waals surface area contributed by atoms with Crippen LogP contribution in [0.5, 0.6) is 0 Å². The highest BCUT2D eigenvalue weighted by Crippen LogP contribution is 2.20. The van der Waals surface area contributed by atoms with Crippen molar-refractivity contribution in [3.63, 3.8) is 0 Å². The Kier molecular flexibility index (Phi) is 4.31. The molecule has 98 valence electrons. The van der Waals surface area contributed by atoms with E-state index in [1.165, 1.54) is 0 Å². The molecule has 0 saturated carbocycles. The Bertz CT molecular complexity index is 424. The lowest BCUT2D eigenvalue weighted by atomic mass is 10.2. The summed E-state index contributed by atoms with van der Waals surface area (Å²) >= 11 is 0. The van der Waals surface area contributed by atoms with E-state index in [9.17, 15) is 0 Å². The maximum atomic E-state index is 5.21. The van der Waals surface area contributed by atoms with Gasteiger partial charge in [0.2, 0.25) is 5.89 Å². The maximum Gasteiger partial charge on any atom is 0.240 e. The molecular weight excluding hydrogens is 230 g/mol. The molecule has 0 aromatic carbocycles. The van der Waals surface area contributed by atoms with Crippen LogP contribution in [0.25, 0.3) is 0 Å². The molecule has 1 aliphatic heterocycles. The van der Waals surface area contributed by atoms with Crippen LogP contribution in [0.3, 0.4) is 0 Å². The van der Waals surface area contributed by atoms with Gasteiger partial charge in [-0.1, -0.05) is 11.1 Å². The van der Waals surface area contributed by atoms with Crippen LogP contribution in [0.15, 0.2) is 4.52 Å². The van der Waals surface area contributed by atoms with E-state index in [0.29, 0.717) is 19.0 Å². The molecule has 6 heteroatoms. The zero-order valence-corrected chi connectivity index (χ0v) is 10.9. The highest BCUT2D eigenvalue weighted by Gasteiger charge is 2.27. The quantitative estimate of drug-likeness (QED) is 0.584. The fraction of sp³-hybridized carbons (Fsp3) is 0.667.